The highest BCUT2D eigenvalue weighted by Gasteiger charge is 1.99. The van der Waals surface area contributed by atoms with E-state index in [-0.39, 0.29) is 0 Å². The van der Waals surface area contributed by atoms with Gasteiger partial charge in [0.2, 0.25) is 0 Å². The lowest BCUT2D eigenvalue weighted by atomic mass is 10.3. The van der Waals surface area contributed by atoms with Crippen molar-refractivity contribution in [2.75, 3.05) is 39.3 Å². The first-order valence-electron chi connectivity index (χ1n) is 10.9. The van der Waals surface area contributed by atoms with E-state index >= 15 is 0 Å². The summed E-state index contributed by atoms with van der Waals surface area (Å²) in [5.74, 6) is -2.51. The highest BCUT2D eigenvalue weighted by Crippen LogP contribution is 1.95. The Hall–Kier alpha value is -1.40. The minimum Gasteiger partial charge on any atom is -0.478 e. The van der Waals surface area contributed by atoms with Gasteiger partial charge >= 0.3 is 11.9 Å². The molecule has 6 heteroatoms. The molecule has 0 aliphatic heterocycles. The molecule has 0 aromatic rings. The molecule has 0 bridgehead atoms. The van der Waals surface area contributed by atoms with Crippen LogP contribution in [-0.4, -0.2) is 71.2 Å². The fourth-order valence-electron chi connectivity index (χ4n) is 2.71. The lowest BCUT2D eigenvalue weighted by Gasteiger charge is -2.19. The molecule has 6 nitrogen and oxygen atoms in total. The Morgan fingerprint density at radius 1 is 0.536 bits per heavy atom. The minimum atomic E-state index is -1.26. The Morgan fingerprint density at radius 2 is 0.714 bits per heavy atom. The van der Waals surface area contributed by atoms with Crippen molar-refractivity contribution in [1.82, 2.24) is 9.80 Å². The van der Waals surface area contributed by atoms with Crippen LogP contribution in [0.25, 0.3) is 0 Å². The van der Waals surface area contributed by atoms with Crippen LogP contribution in [0.2, 0.25) is 0 Å². The van der Waals surface area contributed by atoms with Crippen LogP contribution in [0.1, 0.15) is 80.1 Å². The molecule has 0 saturated carbocycles. The maximum absolute atomic E-state index is 9.55. The van der Waals surface area contributed by atoms with Crippen molar-refractivity contribution in [2.45, 2.75) is 80.1 Å². The van der Waals surface area contributed by atoms with Crippen LogP contribution >= 0.6 is 0 Å². The van der Waals surface area contributed by atoms with E-state index in [1.54, 1.807) is 0 Å². The number of carboxylic acids is 2. The highest BCUT2D eigenvalue weighted by molar-refractivity contribution is 5.89. The molecule has 0 unspecified atom stereocenters. The molecule has 0 heterocycles. The summed E-state index contributed by atoms with van der Waals surface area (Å²) in [6, 6.07) is 0. The lowest BCUT2D eigenvalue weighted by molar-refractivity contribution is -0.134. The van der Waals surface area contributed by atoms with E-state index in [4.69, 9.17) is 10.2 Å². The van der Waals surface area contributed by atoms with Gasteiger partial charge in [0, 0.05) is 12.2 Å². The van der Waals surface area contributed by atoms with Gasteiger partial charge in [-0.2, -0.15) is 0 Å². The average Bonchev–Trinajstić information content (AvgIpc) is 2.62. The zero-order valence-corrected chi connectivity index (χ0v) is 19.2. The Labute approximate surface area is 173 Å². The average molecular weight is 403 g/mol. The van der Waals surface area contributed by atoms with Crippen LogP contribution in [0.4, 0.5) is 0 Å². The molecule has 0 radical (unpaired) electrons. The molecule has 0 fully saturated rings. The number of carboxylic acid groups (broad SMARTS) is 2. The Kier molecular flexibility index (Phi) is 28.6. The van der Waals surface area contributed by atoms with Crippen LogP contribution < -0.4 is 0 Å². The quantitative estimate of drug-likeness (QED) is 0.408. The standard InChI is InChI=1S/2C9H21N.C4H4O4/c2*1-4-7-10(8-5-2)9-6-3;5-3(6)1-2-4(7)8/h2*4-9H2,1-3H3;1-2H,(H,5,6)(H,7,8). The zero-order valence-electron chi connectivity index (χ0n) is 19.2. The monoisotopic (exact) mass is 402 g/mol. The molecule has 0 aliphatic rings. The third-order valence-corrected chi connectivity index (χ3v) is 3.61. The van der Waals surface area contributed by atoms with Gasteiger partial charge in [-0.3, -0.25) is 0 Å². The maximum atomic E-state index is 9.55. The molecule has 0 aromatic carbocycles. The van der Waals surface area contributed by atoms with E-state index < -0.39 is 11.9 Å². The molecule has 0 rings (SSSR count). The molecule has 0 spiro atoms. The Balaban J connectivity index is -0.000000337. The first kappa shape index (κ1) is 31.3. The van der Waals surface area contributed by atoms with Gasteiger partial charge in [-0.25, -0.2) is 9.59 Å². The van der Waals surface area contributed by atoms with Gasteiger partial charge < -0.3 is 20.0 Å². The first-order valence-corrected chi connectivity index (χ1v) is 10.9. The second-order valence-corrected chi connectivity index (χ2v) is 6.69. The second kappa shape index (κ2) is 25.6. The number of rotatable bonds is 14. The van der Waals surface area contributed by atoms with Gasteiger partial charge in [-0.1, -0.05) is 41.5 Å². The Bertz CT molecular complexity index is 311. The van der Waals surface area contributed by atoms with Crippen LogP contribution in [-0.2, 0) is 9.59 Å². The third kappa shape index (κ3) is 29.4. The number of hydrogen-bond donors (Lipinski definition) is 2. The van der Waals surface area contributed by atoms with Gasteiger partial charge in [-0.15, -0.1) is 0 Å². The number of nitrogens with zero attached hydrogens (tertiary/aromatic N) is 2. The molecular weight excluding hydrogens is 356 g/mol. The number of carbonyl (C=O) groups is 2. The maximum Gasteiger partial charge on any atom is 0.328 e. The normalized spacial score (nSPS) is 10.4. The molecule has 0 aliphatic carbocycles. The SMILES string of the molecule is CCCN(CCC)CCC.CCCN(CCC)CCC.O=C(O)C=CC(=O)O. The molecule has 0 atom stereocenters. The van der Waals surface area contributed by atoms with Crippen molar-refractivity contribution in [2.24, 2.45) is 0 Å². The smallest absolute Gasteiger partial charge is 0.328 e. The van der Waals surface area contributed by atoms with E-state index in [0.29, 0.717) is 12.2 Å². The topological polar surface area (TPSA) is 81.1 Å². The van der Waals surface area contributed by atoms with Gasteiger partial charge in [0.15, 0.2) is 0 Å². The fraction of sp³-hybridized carbons (Fsp3) is 0.818. The number of aliphatic carboxylic acids is 2. The van der Waals surface area contributed by atoms with E-state index in [9.17, 15) is 9.59 Å². The van der Waals surface area contributed by atoms with Crippen molar-refractivity contribution in [3.63, 3.8) is 0 Å². The summed E-state index contributed by atoms with van der Waals surface area (Å²) in [7, 11) is 0. The molecule has 2 N–H and O–H groups in total. The van der Waals surface area contributed by atoms with Crippen molar-refractivity contribution in [3.05, 3.63) is 12.2 Å². The molecule has 0 aromatic heterocycles. The fourth-order valence-corrected chi connectivity index (χ4v) is 2.71. The summed E-state index contributed by atoms with van der Waals surface area (Å²) in [5, 5.41) is 15.6. The molecule has 168 valence electrons. The van der Waals surface area contributed by atoms with Crippen LogP contribution in [0, 0.1) is 0 Å². The highest BCUT2D eigenvalue weighted by atomic mass is 16.4. The van der Waals surface area contributed by atoms with Crippen LogP contribution in [0.15, 0.2) is 12.2 Å². The predicted octanol–water partition coefficient (Wildman–Crippen LogP) is 4.75. The molecule has 0 saturated heterocycles. The molecular formula is C22H46N2O4. The Morgan fingerprint density at radius 3 is 0.821 bits per heavy atom. The minimum absolute atomic E-state index is 0.558. The summed E-state index contributed by atoms with van der Waals surface area (Å²) in [6.07, 6.45) is 8.87. The second-order valence-electron chi connectivity index (χ2n) is 6.69. The molecule has 28 heavy (non-hydrogen) atoms. The first-order chi connectivity index (χ1) is 13.3. The van der Waals surface area contributed by atoms with Crippen molar-refractivity contribution >= 4 is 11.9 Å². The van der Waals surface area contributed by atoms with Crippen molar-refractivity contribution in [3.8, 4) is 0 Å². The van der Waals surface area contributed by atoms with Gasteiger partial charge in [-0.05, 0) is 77.8 Å². The summed E-state index contributed by atoms with van der Waals surface area (Å²) in [4.78, 5) is 24.2. The van der Waals surface area contributed by atoms with Gasteiger partial charge in [0.25, 0.3) is 0 Å². The van der Waals surface area contributed by atoms with Crippen LogP contribution in [0.3, 0.4) is 0 Å². The molecule has 0 amide bonds. The van der Waals surface area contributed by atoms with E-state index in [2.05, 4.69) is 51.3 Å². The van der Waals surface area contributed by atoms with Crippen molar-refractivity contribution < 1.29 is 19.8 Å². The van der Waals surface area contributed by atoms with Gasteiger partial charge in [0.05, 0.1) is 0 Å². The zero-order chi connectivity index (χ0) is 22.2. The predicted molar refractivity (Wildman–Crippen MR) is 119 cm³/mol. The van der Waals surface area contributed by atoms with Crippen LogP contribution in [0.5, 0.6) is 0 Å². The summed E-state index contributed by atoms with van der Waals surface area (Å²) < 4.78 is 0. The largest absolute Gasteiger partial charge is 0.478 e. The third-order valence-electron chi connectivity index (χ3n) is 3.61. The van der Waals surface area contributed by atoms with E-state index in [1.807, 2.05) is 0 Å². The summed E-state index contributed by atoms with van der Waals surface area (Å²) >= 11 is 0. The van der Waals surface area contributed by atoms with Crippen molar-refractivity contribution in [1.29, 1.82) is 0 Å². The van der Waals surface area contributed by atoms with Gasteiger partial charge in [0.1, 0.15) is 0 Å². The van der Waals surface area contributed by atoms with E-state index in [1.165, 1.54) is 77.8 Å². The van der Waals surface area contributed by atoms with E-state index in [0.717, 1.165) is 0 Å². The lowest BCUT2D eigenvalue weighted by Crippen LogP contribution is -2.26. The summed E-state index contributed by atoms with van der Waals surface area (Å²) in [5.41, 5.74) is 0. The summed E-state index contributed by atoms with van der Waals surface area (Å²) in [6.45, 7) is 21.2. The number of hydrogen-bond acceptors (Lipinski definition) is 4.